The topological polar surface area (TPSA) is 61.7 Å². The molecule has 0 bridgehead atoms. The predicted molar refractivity (Wildman–Crippen MR) is 107 cm³/mol. The Hall–Kier alpha value is -2.67. The van der Waals surface area contributed by atoms with Gasteiger partial charge in [0.15, 0.2) is 0 Å². The molecule has 2 amide bonds. The Morgan fingerprint density at radius 2 is 1.86 bits per heavy atom. The first-order chi connectivity index (χ1) is 13.6. The molecule has 1 aromatic heterocycles. The van der Waals surface area contributed by atoms with Crippen molar-refractivity contribution in [3.63, 3.8) is 0 Å². The summed E-state index contributed by atoms with van der Waals surface area (Å²) in [4.78, 5) is 35.5. The fraction of sp³-hybridized carbons (Fsp3) is 0.476. The molecule has 0 saturated carbocycles. The van der Waals surface area contributed by atoms with E-state index in [4.69, 9.17) is 0 Å². The molecule has 3 heterocycles. The van der Waals surface area contributed by atoms with E-state index in [2.05, 4.69) is 14.5 Å². The molecule has 7 nitrogen and oxygen atoms in total. The van der Waals surface area contributed by atoms with Crippen LogP contribution in [0.3, 0.4) is 0 Å². The number of carbonyl (C=O) groups excluding carboxylic acids is 2. The van der Waals surface area contributed by atoms with Gasteiger partial charge in [-0.2, -0.15) is 0 Å². The lowest BCUT2D eigenvalue weighted by Gasteiger charge is -2.35. The van der Waals surface area contributed by atoms with Gasteiger partial charge in [0.25, 0.3) is 0 Å². The highest BCUT2D eigenvalue weighted by Crippen LogP contribution is 2.27. The molecule has 148 valence electrons. The minimum Gasteiger partial charge on any atom is -0.340 e. The summed E-state index contributed by atoms with van der Waals surface area (Å²) in [5.41, 5.74) is 2.05. The highest BCUT2D eigenvalue weighted by molar-refractivity contribution is 6.00. The fourth-order valence-corrected chi connectivity index (χ4v) is 3.97. The number of carbonyl (C=O) groups is 2. The molecule has 4 rings (SSSR count). The number of nitrogens with zero attached hydrogens (tertiary/aromatic N) is 5. The Morgan fingerprint density at radius 3 is 2.54 bits per heavy atom. The number of anilines is 1. The van der Waals surface area contributed by atoms with E-state index in [1.165, 1.54) is 0 Å². The molecule has 0 spiro atoms. The smallest absolute Gasteiger partial charge is 0.228 e. The van der Waals surface area contributed by atoms with Crippen LogP contribution in [0.4, 0.5) is 5.69 Å². The van der Waals surface area contributed by atoms with E-state index in [1.807, 2.05) is 48.6 Å². The zero-order valence-electron chi connectivity index (χ0n) is 16.3. The van der Waals surface area contributed by atoms with Crippen LogP contribution in [-0.4, -0.2) is 70.4 Å². The molecule has 1 aromatic carbocycles. The molecular weight excluding hydrogens is 354 g/mol. The molecule has 2 aliphatic heterocycles. The van der Waals surface area contributed by atoms with Crippen molar-refractivity contribution in [2.75, 3.05) is 44.2 Å². The van der Waals surface area contributed by atoms with Gasteiger partial charge in [0.2, 0.25) is 11.8 Å². The molecule has 2 saturated heterocycles. The number of hydrogen-bond acceptors (Lipinski definition) is 4. The number of piperazine rings is 1. The second-order valence-corrected chi connectivity index (χ2v) is 7.71. The standard InChI is InChI=1S/C21H27N5O2/c1-17-2-4-19(5-3-17)26-15-18(14-20(26)27)21(28)25-12-10-23(11-13-25)8-9-24-7-6-22-16-24/h2-7,16,18H,8-15H2,1H3. The summed E-state index contributed by atoms with van der Waals surface area (Å²) >= 11 is 0. The Morgan fingerprint density at radius 1 is 1.11 bits per heavy atom. The van der Waals surface area contributed by atoms with Crippen molar-refractivity contribution in [1.29, 1.82) is 0 Å². The first kappa shape index (κ1) is 18.7. The molecule has 0 N–H and O–H groups in total. The van der Waals surface area contributed by atoms with Crippen molar-refractivity contribution < 1.29 is 9.59 Å². The van der Waals surface area contributed by atoms with Crippen molar-refractivity contribution in [3.8, 4) is 0 Å². The third-order valence-electron chi connectivity index (χ3n) is 5.74. The van der Waals surface area contributed by atoms with Crippen LogP contribution in [-0.2, 0) is 16.1 Å². The highest BCUT2D eigenvalue weighted by Gasteiger charge is 2.37. The maximum Gasteiger partial charge on any atom is 0.228 e. The lowest BCUT2D eigenvalue weighted by atomic mass is 10.1. The van der Waals surface area contributed by atoms with Gasteiger partial charge in [0, 0.05) is 70.3 Å². The molecular formula is C21H27N5O2. The van der Waals surface area contributed by atoms with Gasteiger partial charge < -0.3 is 14.4 Å². The van der Waals surface area contributed by atoms with Crippen molar-refractivity contribution in [1.82, 2.24) is 19.4 Å². The first-order valence-electron chi connectivity index (χ1n) is 9.94. The number of amides is 2. The van der Waals surface area contributed by atoms with Gasteiger partial charge in [-0.3, -0.25) is 14.5 Å². The summed E-state index contributed by atoms with van der Waals surface area (Å²) in [7, 11) is 0. The SMILES string of the molecule is Cc1ccc(N2CC(C(=O)N3CCN(CCn4ccnc4)CC3)CC2=O)cc1. The number of benzene rings is 1. The maximum absolute atomic E-state index is 12.9. The molecule has 2 aliphatic rings. The number of rotatable bonds is 5. The number of imidazole rings is 1. The van der Waals surface area contributed by atoms with Crippen LogP contribution in [0.1, 0.15) is 12.0 Å². The maximum atomic E-state index is 12.9. The van der Waals surface area contributed by atoms with Crippen molar-refractivity contribution in [2.45, 2.75) is 19.9 Å². The van der Waals surface area contributed by atoms with E-state index in [-0.39, 0.29) is 17.7 Å². The zero-order chi connectivity index (χ0) is 19.5. The number of aryl methyl sites for hydroxylation is 1. The Kier molecular flexibility index (Phi) is 5.43. The summed E-state index contributed by atoms with van der Waals surface area (Å²) < 4.78 is 2.07. The summed E-state index contributed by atoms with van der Waals surface area (Å²) in [5, 5.41) is 0. The van der Waals surface area contributed by atoms with Crippen LogP contribution < -0.4 is 4.90 Å². The van der Waals surface area contributed by atoms with Crippen LogP contribution in [0.5, 0.6) is 0 Å². The number of aromatic nitrogens is 2. The second-order valence-electron chi connectivity index (χ2n) is 7.71. The minimum absolute atomic E-state index is 0.0428. The first-order valence-corrected chi connectivity index (χ1v) is 9.94. The largest absolute Gasteiger partial charge is 0.340 e. The average molecular weight is 381 g/mol. The van der Waals surface area contributed by atoms with Crippen molar-refractivity contribution >= 4 is 17.5 Å². The molecule has 0 aliphatic carbocycles. The van der Waals surface area contributed by atoms with E-state index in [0.29, 0.717) is 13.0 Å². The molecule has 1 atom stereocenters. The molecule has 1 unspecified atom stereocenters. The second kappa shape index (κ2) is 8.14. The van der Waals surface area contributed by atoms with Crippen LogP contribution in [0, 0.1) is 12.8 Å². The van der Waals surface area contributed by atoms with Crippen LogP contribution in [0.25, 0.3) is 0 Å². The average Bonchev–Trinajstić information content (AvgIpc) is 3.37. The Bertz CT molecular complexity index is 810. The van der Waals surface area contributed by atoms with Crippen LogP contribution in [0.15, 0.2) is 43.0 Å². The van der Waals surface area contributed by atoms with Crippen LogP contribution >= 0.6 is 0 Å². The Balaban J connectivity index is 1.28. The molecule has 0 radical (unpaired) electrons. The zero-order valence-corrected chi connectivity index (χ0v) is 16.3. The molecule has 2 aromatic rings. The van der Waals surface area contributed by atoms with Crippen LogP contribution in [0.2, 0.25) is 0 Å². The van der Waals surface area contributed by atoms with Gasteiger partial charge in [0.05, 0.1) is 12.2 Å². The van der Waals surface area contributed by atoms with E-state index >= 15 is 0 Å². The quantitative estimate of drug-likeness (QED) is 0.785. The number of hydrogen-bond donors (Lipinski definition) is 0. The van der Waals surface area contributed by atoms with Gasteiger partial charge in [-0.1, -0.05) is 17.7 Å². The van der Waals surface area contributed by atoms with E-state index < -0.39 is 0 Å². The fourth-order valence-electron chi connectivity index (χ4n) is 3.97. The molecule has 2 fully saturated rings. The monoisotopic (exact) mass is 381 g/mol. The third kappa shape index (κ3) is 4.09. The van der Waals surface area contributed by atoms with Crippen molar-refractivity contribution in [2.24, 2.45) is 5.92 Å². The van der Waals surface area contributed by atoms with Gasteiger partial charge in [0.1, 0.15) is 0 Å². The summed E-state index contributed by atoms with van der Waals surface area (Å²) in [6.45, 7) is 7.61. The lowest BCUT2D eigenvalue weighted by molar-refractivity contribution is -0.137. The minimum atomic E-state index is -0.230. The summed E-state index contributed by atoms with van der Waals surface area (Å²) in [6.07, 6.45) is 5.90. The molecule has 28 heavy (non-hydrogen) atoms. The van der Waals surface area contributed by atoms with E-state index in [9.17, 15) is 9.59 Å². The Labute approximate surface area is 165 Å². The summed E-state index contributed by atoms with van der Waals surface area (Å²) in [5.74, 6) is -0.0651. The van der Waals surface area contributed by atoms with Gasteiger partial charge in [-0.15, -0.1) is 0 Å². The van der Waals surface area contributed by atoms with Gasteiger partial charge in [-0.05, 0) is 19.1 Å². The van der Waals surface area contributed by atoms with Gasteiger partial charge >= 0.3 is 0 Å². The predicted octanol–water partition coefficient (Wildman–Crippen LogP) is 1.39. The summed E-state index contributed by atoms with van der Waals surface area (Å²) in [6, 6.07) is 7.92. The van der Waals surface area contributed by atoms with Crippen molar-refractivity contribution in [3.05, 3.63) is 48.5 Å². The van der Waals surface area contributed by atoms with E-state index in [0.717, 1.165) is 50.5 Å². The third-order valence-corrected chi connectivity index (χ3v) is 5.74. The highest BCUT2D eigenvalue weighted by atomic mass is 16.2. The van der Waals surface area contributed by atoms with Gasteiger partial charge in [-0.25, -0.2) is 4.98 Å². The molecule has 7 heteroatoms. The lowest BCUT2D eigenvalue weighted by Crippen LogP contribution is -2.51. The van der Waals surface area contributed by atoms with E-state index in [1.54, 1.807) is 11.1 Å². The normalized spacial score (nSPS) is 20.8.